The molecule has 0 spiro atoms. The lowest BCUT2D eigenvalue weighted by molar-refractivity contribution is -0.146. The molecule has 34 heavy (non-hydrogen) atoms. The highest BCUT2D eigenvalue weighted by Crippen LogP contribution is 2.27. The first-order valence-electron chi connectivity index (χ1n) is 12.8. The molecule has 1 atom stereocenters. The van der Waals surface area contributed by atoms with E-state index in [1.165, 1.54) is 19.3 Å². The van der Waals surface area contributed by atoms with Gasteiger partial charge >= 0.3 is 0 Å². The molecule has 1 aliphatic heterocycles. The van der Waals surface area contributed by atoms with Crippen molar-refractivity contribution < 1.29 is 9.59 Å². The zero-order valence-corrected chi connectivity index (χ0v) is 21.3. The fourth-order valence-electron chi connectivity index (χ4n) is 5.12. The predicted molar refractivity (Wildman–Crippen MR) is 135 cm³/mol. The van der Waals surface area contributed by atoms with Crippen LogP contribution in [-0.2, 0) is 16.1 Å². The van der Waals surface area contributed by atoms with Gasteiger partial charge in [-0.1, -0.05) is 61.4 Å². The second-order valence-electron chi connectivity index (χ2n) is 9.42. The SMILES string of the molecule is CCn1c(SCCCC(=O)N2CCN(C(=O)C3CCCCC3)C(C)C2)nnc1-c1ccccc1. The minimum atomic E-state index is 0.0982. The second-order valence-corrected chi connectivity index (χ2v) is 10.5. The molecule has 1 unspecified atom stereocenters. The van der Waals surface area contributed by atoms with E-state index in [-0.39, 0.29) is 17.9 Å². The Labute approximate surface area is 207 Å². The van der Waals surface area contributed by atoms with E-state index in [0.717, 1.165) is 48.1 Å². The number of thioether (sulfide) groups is 1. The van der Waals surface area contributed by atoms with Crippen LogP contribution in [0.25, 0.3) is 11.4 Å². The van der Waals surface area contributed by atoms with Gasteiger partial charge in [-0.05, 0) is 33.1 Å². The van der Waals surface area contributed by atoms with Crippen LogP contribution in [0, 0.1) is 5.92 Å². The smallest absolute Gasteiger partial charge is 0.226 e. The molecule has 2 aromatic rings. The lowest BCUT2D eigenvalue weighted by atomic mass is 9.88. The van der Waals surface area contributed by atoms with Crippen LogP contribution in [0.5, 0.6) is 0 Å². The lowest BCUT2D eigenvalue weighted by Crippen LogP contribution is -2.56. The maximum Gasteiger partial charge on any atom is 0.226 e. The first-order valence-corrected chi connectivity index (χ1v) is 13.8. The van der Waals surface area contributed by atoms with Gasteiger partial charge in [-0.15, -0.1) is 10.2 Å². The summed E-state index contributed by atoms with van der Waals surface area (Å²) in [5.74, 6) is 2.41. The molecule has 0 N–H and O–H groups in total. The molecule has 0 bridgehead atoms. The van der Waals surface area contributed by atoms with Crippen LogP contribution in [0.3, 0.4) is 0 Å². The predicted octanol–water partition coefficient (Wildman–Crippen LogP) is 4.48. The van der Waals surface area contributed by atoms with E-state index in [4.69, 9.17) is 0 Å². The van der Waals surface area contributed by atoms with E-state index in [2.05, 4.69) is 28.6 Å². The lowest BCUT2D eigenvalue weighted by Gasteiger charge is -2.41. The maximum atomic E-state index is 12.9. The highest BCUT2D eigenvalue weighted by Gasteiger charge is 2.33. The van der Waals surface area contributed by atoms with Crippen LogP contribution in [0.1, 0.15) is 58.8 Å². The number of carbonyl (C=O) groups excluding carboxylic acids is 2. The molecule has 2 aliphatic rings. The number of benzene rings is 1. The maximum absolute atomic E-state index is 12.9. The van der Waals surface area contributed by atoms with Gasteiger partial charge in [0.2, 0.25) is 11.8 Å². The molecule has 184 valence electrons. The first-order chi connectivity index (χ1) is 16.6. The normalized spacial score (nSPS) is 19.4. The summed E-state index contributed by atoms with van der Waals surface area (Å²) in [6.07, 6.45) is 6.98. The third kappa shape index (κ3) is 5.82. The average Bonchev–Trinajstić information content (AvgIpc) is 3.30. The average molecular weight is 484 g/mol. The van der Waals surface area contributed by atoms with E-state index < -0.39 is 0 Å². The summed E-state index contributed by atoms with van der Waals surface area (Å²) >= 11 is 1.66. The number of aromatic nitrogens is 3. The van der Waals surface area contributed by atoms with E-state index >= 15 is 0 Å². The van der Waals surface area contributed by atoms with Crippen molar-refractivity contribution in [2.45, 2.75) is 76.5 Å². The summed E-state index contributed by atoms with van der Waals surface area (Å²) in [5.41, 5.74) is 1.06. The minimum Gasteiger partial charge on any atom is -0.339 e. The van der Waals surface area contributed by atoms with Gasteiger partial charge in [0.1, 0.15) is 0 Å². The van der Waals surface area contributed by atoms with E-state index in [9.17, 15) is 9.59 Å². The Bertz CT molecular complexity index is 957. The van der Waals surface area contributed by atoms with Crippen molar-refractivity contribution in [3.05, 3.63) is 30.3 Å². The van der Waals surface area contributed by atoms with Gasteiger partial charge in [-0.3, -0.25) is 9.59 Å². The highest BCUT2D eigenvalue weighted by molar-refractivity contribution is 7.99. The van der Waals surface area contributed by atoms with Gasteiger partial charge in [0.25, 0.3) is 0 Å². The molecular formula is C26H37N5O2S. The van der Waals surface area contributed by atoms with E-state index in [1.807, 2.05) is 40.1 Å². The summed E-state index contributed by atoms with van der Waals surface area (Å²) in [5, 5.41) is 9.68. The third-order valence-electron chi connectivity index (χ3n) is 7.05. The number of hydrogen-bond donors (Lipinski definition) is 0. The summed E-state index contributed by atoms with van der Waals surface area (Å²) in [7, 11) is 0. The number of rotatable bonds is 8. The fraction of sp³-hybridized carbons (Fsp3) is 0.615. The third-order valence-corrected chi connectivity index (χ3v) is 8.10. The van der Waals surface area contributed by atoms with Crippen molar-refractivity contribution in [2.75, 3.05) is 25.4 Å². The number of piperazine rings is 1. The largest absolute Gasteiger partial charge is 0.339 e. The Balaban J connectivity index is 1.22. The molecule has 1 saturated carbocycles. The number of nitrogens with zero attached hydrogens (tertiary/aromatic N) is 5. The molecule has 1 aliphatic carbocycles. The molecule has 2 heterocycles. The second kappa shape index (κ2) is 11.9. The number of amides is 2. The van der Waals surface area contributed by atoms with Crippen LogP contribution in [0.2, 0.25) is 0 Å². The van der Waals surface area contributed by atoms with Crippen molar-refractivity contribution >= 4 is 23.6 Å². The molecule has 7 nitrogen and oxygen atoms in total. The van der Waals surface area contributed by atoms with Crippen molar-refractivity contribution in [1.82, 2.24) is 24.6 Å². The molecule has 1 aromatic heterocycles. The molecule has 8 heteroatoms. The monoisotopic (exact) mass is 483 g/mol. The van der Waals surface area contributed by atoms with Crippen molar-refractivity contribution in [2.24, 2.45) is 5.92 Å². The van der Waals surface area contributed by atoms with Gasteiger partial charge < -0.3 is 14.4 Å². The Morgan fingerprint density at radius 1 is 1.06 bits per heavy atom. The molecule has 2 fully saturated rings. The van der Waals surface area contributed by atoms with Gasteiger partial charge in [0.15, 0.2) is 11.0 Å². The number of carbonyl (C=O) groups is 2. The molecule has 2 amide bonds. The Morgan fingerprint density at radius 2 is 1.82 bits per heavy atom. The molecule has 1 saturated heterocycles. The van der Waals surface area contributed by atoms with Gasteiger partial charge in [-0.25, -0.2) is 0 Å². The van der Waals surface area contributed by atoms with E-state index in [1.54, 1.807) is 11.8 Å². The topological polar surface area (TPSA) is 71.3 Å². The van der Waals surface area contributed by atoms with E-state index in [0.29, 0.717) is 32.0 Å². The van der Waals surface area contributed by atoms with Crippen LogP contribution < -0.4 is 0 Å². The van der Waals surface area contributed by atoms with Crippen LogP contribution in [0.15, 0.2) is 35.5 Å². The summed E-state index contributed by atoms with van der Waals surface area (Å²) in [4.78, 5) is 29.7. The molecule has 4 rings (SSSR count). The van der Waals surface area contributed by atoms with Crippen LogP contribution in [0.4, 0.5) is 0 Å². The zero-order chi connectivity index (χ0) is 23.9. The first kappa shape index (κ1) is 24.8. The van der Waals surface area contributed by atoms with Crippen LogP contribution >= 0.6 is 11.8 Å². The fourth-order valence-corrected chi connectivity index (χ4v) is 6.06. The molecule has 1 aromatic carbocycles. The molecular weight excluding hydrogens is 446 g/mol. The highest BCUT2D eigenvalue weighted by atomic mass is 32.2. The Morgan fingerprint density at radius 3 is 2.53 bits per heavy atom. The summed E-state index contributed by atoms with van der Waals surface area (Å²) in [6.45, 7) is 6.95. The van der Waals surface area contributed by atoms with Crippen molar-refractivity contribution in [1.29, 1.82) is 0 Å². The summed E-state index contributed by atoms with van der Waals surface area (Å²) in [6, 6.07) is 10.2. The van der Waals surface area contributed by atoms with Crippen molar-refractivity contribution in [3.8, 4) is 11.4 Å². The number of hydrogen-bond acceptors (Lipinski definition) is 5. The van der Waals surface area contributed by atoms with Crippen LogP contribution in [-0.4, -0.2) is 67.8 Å². The summed E-state index contributed by atoms with van der Waals surface area (Å²) < 4.78 is 2.13. The minimum absolute atomic E-state index is 0.0982. The van der Waals surface area contributed by atoms with Gasteiger partial charge in [0.05, 0.1) is 0 Å². The zero-order valence-electron chi connectivity index (χ0n) is 20.5. The van der Waals surface area contributed by atoms with Gasteiger partial charge in [-0.2, -0.15) is 0 Å². The Kier molecular flexibility index (Phi) is 8.64. The molecule has 0 radical (unpaired) electrons. The quantitative estimate of drug-likeness (QED) is 0.409. The standard InChI is InChI=1S/C26H37N5O2S/c1-3-30-24(21-11-6-4-7-12-21)27-28-26(30)34-18-10-15-23(32)29-16-17-31(20(2)19-29)25(33)22-13-8-5-9-14-22/h4,6-7,11-12,20,22H,3,5,8-10,13-19H2,1-2H3. The van der Waals surface area contributed by atoms with Gasteiger partial charge in [0, 0.05) is 55.9 Å². The van der Waals surface area contributed by atoms with Crippen molar-refractivity contribution in [3.63, 3.8) is 0 Å². The Hall–Kier alpha value is -2.35.